The number of alkyl halides is 2. The fourth-order valence-corrected chi connectivity index (χ4v) is 3.00. The maximum atomic E-state index is 13.6. The SMILES string of the molecule is C/C=C\C=C/Cc1nc(C)cc(C=O)c1CN(C)c1ccc(C(F)(F)CO)cc1. The summed E-state index contributed by atoms with van der Waals surface area (Å²) in [6.07, 6.45) is 9.16. The van der Waals surface area contributed by atoms with Gasteiger partial charge in [0.15, 0.2) is 6.29 Å². The Morgan fingerprint density at radius 2 is 1.90 bits per heavy atom. The van der Waals surface area contributed by atoms with Crippen LogP contribution in [0.25, 0.3) is 0 Å². The number of aliphatic hydroxyl groups is 1. The van der Waals surface area contributed by atoms with Gasteiger partial charge in [0.2, 0.25) is 0 Å². The van der Waals surface area contributed by atoms with Gasteiger partial charge in [0.1, 0.15) is 6.61 Å². The third-order valence-electron chi connectivity index (χ3n) is 4.57. The van der Waals surface area contributed by atoms with Crippen LogP contribution in [-0.2, 0) is 18.9 Å². The van der Waals surface area contributed by atoms with Crippen LogP contribution in [0.2, 0.25) is 0 Å². The Hall–Kier alpha value is -2.86. The molecule has 0 saturated heterocycles. The van der Waals surface area contributed by atoms with Crippen LogP contribution >= 0.6 is 0 Å². The number of benzene rings is 1. The molecule has 1 aromatic heterocycles. The van der Waals surface area contributed by atoms with E-state index in [1.165, 1.54) is 12.1 Å². The quantitative estimate of drug-likeness (QED) is 0.494. The van der Waals surface area contributed by atoms with E-state index in [2.05, 4.69) is 4.98 Å². The zero-order chi connectivity index (χ0) is 21.4. The molecule has 0 aliphatic rings. The minimum absolute atomic E-state index is 0.238. The van der Waals surface area contributed by atoms with Crippen molar-refractivity contribution < 1.29 is 18.7 Å². The average Bonchev–Trinajstić information content (AvgIpc) is 2.72. The van der Waals surface area contributed by atoms with Crippen molar-refractivity contribution in [3.05, 3.63) is 82.7 Å². The summed E-state index contributed by atoms with van der Waals surface area (Å²) in [5, 5.41) is 8.83. The fraction of sp³-hybridized carbons (Fsp3) is 0.304. The van der Waals surface area contributed by atoms with E-state index < -0.39 is 12.5 Å². The van der Waals surface area contributed by atoms with Gasteiger partial charge in [-0.1, -0.05) is 36.4 Å². The maximum absolute atomic E-state index is 13.6. The zero-order valence-electron chi connectivity index (χ0n) is 16.9. The average molecular weight is 400 g/mol. The lowest BCUT2D eigenvalue weighted by Crippen LogP contribution is -2.21. The van der Waals surface area contributed by atoms with Gasteiger partial charge in [-0.25, -0.2) is 0 Å². The highest BCUT2D eigenvalue weighted by Gasteiger charge is 2.30. The number of allylic oxidation sites excluding steroid dienone is 4. The highest BCUT2D eigenvalue weighted by molar-refractivity contribution is 5.78. The van der Waals surface area contributed by atoms with Crippen LogP contribution in [0.4, 0.5) is 14.5 Å². The molecule has 0 amide bonds. The van der Waals surface area contributed by atoms with Crippen LogP contribution in [-0.4, -0.2) is 30.0 Å². The number of anilines is 1. The molecule has 0 radical (unpaired) electrons. The lowest BCUT2D eigenvalue weighted by atomic mass is 10.0. The third kappa shape index (κ3) is 5.81. The first kappa shape index (κ1) is 22.4. The van der Waals surface area contributed by atoms with E-state index >= 15 is 0 Å². The molecule has 0 spiro atoms. The molecule has 29 heavy (non-hydrogen) atoms. The number of hydrogen-bond acceptors (Lipinski definition) is 4. The van der Waals surface area contributed by atoms with Gasteiger partial charge < -0.3 is 10.0 Å². The van der Waals surface area contributed by atoms with Gasteiger partial charge in [0.25, 0.3) is 5.92 Å². The lowest BCUT2D eigenvalue weighted by molar-refractivity contribution is -0.0556. The minimum Gasteiger partial charge on any atom is -0.390 e. The van der Waals surface area contributed by atoms with Crippen molar-refractivity contribution in [2.75, 3.05) is 18.6 Å². The molecule has 0 saturated carbocycles. The van der Waals surface area contributed by atoms with Gasteiger partial charge in [-0.05, 0) is 32.0 Å². The van der Waals surface area contributed by atoms with Crippen LogP contribution in [0, 0.1) is 6.92 Å². The number of aldehydes is 1. The van der Waals surface area contributed by atoms with Crippen molar-refractivity contribution in [1.82, 2.24) is 4.98 Å². The third-order valence-corrected chi connectivity index (χ3v) is 4.57. The van der Waals surface area contributed by atoms with E-state index in [4.69, 9.17) is 5.11 Å². The molecule has 2 rings (SSSR count). The Morgan fingerprint density at radius 1 is 1.21 bits per heavy atom. The normalized spacial score (nSPS) is 12.1. The number of aliphatic hydroxyl groups excluding tert-OH is 1. The van der Waals surface area contributed by atoms with E-state index in [1.54, 1.807) is 18.2 Å². The maximum Gasteiger partial charge on any atom is 0.295 e. The molecule has 6 heteroatoms. The van der Waals surface area contributed by atoms with E-state index in [0.29, 0.717) is 18.5 Å². The lowest BCUT2D eigenvalue weighted by Gasteiger charge is -2.23. The molecule has 0 aliphatic carbocycles. The first-order valence-corrected chi connectivity index (χ1v) is 9.35. The van der Waals surface area contributed by atoms with Crippen LogP contribution < -0.4 is 4.90 Å². The Labute approximate surface area is 170 Å². The fourth-order valence-electron chi connectivity index (χ4n) is 3.00. The van der Waals surface area contributed by atoms with Crippen molar-refractivity contribution in [1.29, 1.82) is 0 Å². The van der Waals surface area contributed by atoms with Gasteiger partial charge in [0, 0.05) is 48.1 Å². The number of carbonyl (C=O) groups is 1. The van der Waals surface area contributed by atoms with Crippen LogP contribution in [0.5, 0.6) is 0 Å². The molecule has 1 heterocycles. The van der Waals surface area contributed by atoms with E-state index in [0.717, 1.165) is 28.9 Å². The molecule has 0 aliphatic heterocycles. The minimum atomic E-state index is -3.27. The van der Waals surface area contributed by atoms with Gasteiger partial charge in [-0.15, -0.1) is 0 Å². The molecule has 0 atom stereocenters. The van der Waals surface area contributed by atoms with Crippen molar-refractivity contribution in [2.24, 2.45) is 0 Å². The second-order valence-corrected chi connectivity index (χ2v) is 6.82. The summed E-state index contributed by atoms with van der Waals surface area (Å²) in [5.74, 6) is -3.27. The summed E-state index contributed by atoms with van der Waals surface area (Å²) in [7, 11) is 1.83. The molecule has 0 unspecified atom stereocenters. The molecule has 4 nitrogen and oxygen atoms in total. The van der Waals surface area contributed by atoms with Crippen LogP contribution in [0.1, 0.15) is 39.8 Å². The van der Waals surface area contributed by atoms with Gasteiger partial charge in [-0.3, -0.25) is 9.78 Å². The predicted octanol–water partition coefficient (Wildman–Crippen LogP) is 4.60. The number of nitrogens with zero attached hydrogens (tertiary/aromatic N) is 2. The second-order valence-electron chi connectivity index (χ2n) is 6.82. The first-order valence-electron chi connectivity index (χ1n) is 9.35. The predicted molar refractivity (Wildman–Crippen MR) is 112 cm³/mol. The van der Waals surface area contributed by atoms with Crippen molar-refractivity contribution in [3.8, 4) is 0 Å². The highest BCUT2D eigenvalue weighted by Crippen LogP contribution is 2.29. The Bertz CT molecular complexity index is 890. The Balaban J connectivity index is 2.30. The van der Waals surface area contributed by atoms with Gasteiger partial charge >= 0.3 is 0 Å². The molecule has 2 aromatic rings. The molecule has 1 N–H and O–H groups in total. The summed E-state index contributed by atoms with van der Waals surface area (Å²) in [6, 6.07) is 7.51. The largest absolute Gasteiger partial charge is 0.390 e. The molecular formula is C23H26F2N2O2. The number of hydrogen-bond donors (Lipinski definition) is 1. The van der Waals surface area contributed by atoms with Gasteiger partial charge in [0.05, 0.1) is 5.69 Å². The summed E-state index contributed by atoms with van der Waals surface area (Å²) < 4.78 is 27.2. The molecule has 0 bridgehead atoms. The number of aromatic nitrogens is 1. The summed E-state index contributed by atoms with van der Waals surface area (Å²) >= 11 is 0. The monoisotopic (exact) mass is 400 g/mol. The number of halogens is 2. The van der Waals surface area contributed by atoms with Crippen molar-refractivity contribution in [2.45, 2.75) is 32.7 Å². The van der Waals surface area contributed by atoms with E-state index in [1.807, 2.05) is 50.1 Å². The molecular weight excluding hydrogens is 374 g/mol. The zero-order valence-corrected chi connectivity index (χ0v) is 16.9. The van der Waals surface area contributed by atoms with Crippen molar-refractivity contribution >= 4 is 12.0 Å². The van der Waals surface area contributed by atoms with Gasteiger partial charge in [-0.2, -0.15) is 8.78 Å². The highest BCUT2D eigenvalue weighted by atomic mass is 19.3. The molecule has 0 fully saturated rings. The molecule has 154 valence electrons. The van der Waals surface area contributed by atoms with E-state index in [9.17, 15) is 13.6 Å². The second kappa shape index (κ2) is 10.1. The topological polar surface area (TPSA) is 53.4 Å². The number of carbonyl (C=O) groups excluding carboxylic acids is 1. The Kier molecular flexibility index (Phi) is 7.79. The van der Waals surface area contributed by atoms with Crippen molar-refractivity contribution in [3.63, 3.8) is 0 Å². The number of pyridine rings is 1. The first-order chi connectivity index (χ1) is 13.8. The summed E-state index contributed by atoms with van der Waals surface area (Å²) in [4.78, 5) is 18.1. The van der Waals surface area contributed by atoms with E-state index in [-0.39, 0.29) is 5.56 Å². The van der Waals surface area contributed by atoms with Crippen LogP contribution in [0.3, 0.4) is 0 Å². The van der Waals surface area contributed by atoms with Crippen LogP contribution in [0.15, 0.2) is 54.6 Å². The number of aryl methyl sites for hydroxylation is 1. The standard InChI is InChI=1S/C23H26F2N2O2/c1-4-5-6-7-8-22-21(18(15-28)13-17(2)26-22)14-27(3)20-11-9-19(10-12-20)23(24,25)16-29/h4-7,9-13,15,29H,8,14,16H2,1-3H3/b5-4-,7-6-. The summed E-state index contributed by atoms with van der Waals surface area (Å²) in [6.45, 7) is 2.95. The molecule has 1 aromatic carbocycles. The smallest absolute Gasteiger partial charge is 0.295 e. The summed E-state index contributed by atoms with van der Waals surface area (Å²) in [5.41, 5.74) is 3.43. The Morgan fingerprint density at radius 3 is 2.48 bits per heavy atom. The number of rotatable bonds is 9.